The van der Waals surface area contributed by atoms with Crippen LogP contribution in [0.1, 0.15) is 12.5 Å². The van der Waals surface area contributed by atoms with Crippen LogP contribution >= 0.6 is 23.1 Å². The lowest BCUT2D eigenvalue weighted by Crippen LogP contribution is -2.22. The van der Waals surface area contributed by atoms with E-state index in [2.05, 4.69) is 20.5 Å². The van der Waals surface area contributed by atoms with E-state index in [9.17, 15) is 4.79 Å². The average molecular weight is 359 g/mol. The molecule has 0 unspecified atom stereocenters. The Balaban J connectivity index is 1.71. The number of amides is 1. The molecule has 0 spiro atoms. The predicted octanol–water partition coefficient (Wildman–Crippen LogP) is 3.37. The van der Waals surface area contributed by atoms with Gasteiger partial charge in [0.2, 0.25) is 5.91 Å². The number of aryl methyl sites for hydroxylation is 1. The minimum atomic E-state index is -0.303. The molecule has 2 heterocycles. The lowest BCUT2D eigenvalue weighted by molar-refractivity contribution is -0.115. The van der Waals surface area contributed by atoms with Crippen LogP contribution in [0.2, 0.25) is 0 Å². The van der Waals surface area contributed by atoms with Crippen molar-refractivity contribution in [2.75, 3.05) is 5.32 Å². The highest BCUT2D eigenvalue weighted by molar-refractivity contribution is 8.00. The number of hydrogen-bond donors (Lipinski definition) is 1. The van der Waals surface area contributed by atoms with E-state index in [4.69, 9.17) is 0 Å². The number of thiazole rings is 1. The molecule has 1 aromatic carbocycles. The number of thioether (sulfide) groups is 1. The normalized spacial score (nSPS) is 12.1. The summed E-state index contributed by atoms with van der Waals surface area (Å²) in [6, 6.07) is 8.13. The Labute approximate surface area is 148 Å². The zero-order valence-corrected chi connectivity index (χ0v) is 15.2. The van der Waals surface area contributed by atoms with Gasteiger partial charge in [0.25, 0.3) is 0 Å². The molecule has 0 bridgehead atoms. The lowest BCUT2D eigenvalue weighted by atomic mass is 10.1. The Morgan fingerprint density at radius 2 is 2.04 bits per heavy atom. The second-order valence-corrected chi connectivity index (χ2v) is 7.52. The van der Waals surface area contributed by atoms with Crippen LogP contribution in [0.4, 0.5) is 5.13 Å². The largest absolute Gasteiger partial charge is 0.305 e. The van der Waals surface area contributed by atoms with Crippen molar-refractivity contribution in [1.29, 1.82) is 0 Å². The van der Waals surface area contributed by atoms with Gasteiger partial charge in [-0.3, -0.25) is 4.79 Å². The van der Waals surface area contributed by atoms with Crippen LogP contribution in [0.5, 0.6) is 0 Å². The number of benzene rings is 1. The summed E-state index contributed by atoms with van der Waals surface area (Å²) in [7, 11) is 1.91. The van der Waals surface area contributed by atoms with E-state index in [1.54, 1.807) is 6.20 Å². The SMILES string of the molecule is Cc1ccc(-c2nnc(S[C@H](C)C(=O)Nc3nccs3)n2C)cc1. The van der Waals surface area contributed by atoms with E-state index in [1.165, 1.54) is 28.7 Å². The first kappa shape index (κ1) is 16.7. The monoisotopic (exact) mass is 359 g/mol. The molecule has 3 rings (SSSR count). The van der Waals surface area contributed by atoms with Crippen molar-refractivity contribution in [1.82, 2.24) is 19.7 Å². The minimum absolute atomic E-state index is 0.102. The summed E-state index contributed by atoms with van der Waals surface area (Å²) in [5.74, 6) is 0.680. The van der Waals surface area contributed by atoms with Crippen LogP contribution in [0.3, 0.4) is 0 Å². The summed E-state index contributed by atoms with van der Waals surface area (Å²) in [6.45, 7) is 3.89. The molecule has 1 amide bonds. The van der Waals surface area contributed by atoms with Gasteiger partial charge < -0.3 is 9.88 Å². The summed E-state index contributed by atoms with van der Waals surface area (Å²) in [5, 5.41) is 14.1. The van der Waals surface area contributed by atoms with Crippen LogP contribution in [0, 0.1) is 6.92 Å². The van der Waals surface area contributed by atoms with E-state index >= 15 is 0 Å². The number of nitrogens with one attached hydrogen (secondary N) is 1. The van der Waals surface area contributed by atoms with Gasteiger partial charge in [0.05, 0.1) is 5.25 Å². The van der Waals surface area contributed by atoms with E-state index in [1.807, 2.05) is 55.1 Å². The standard InChI is InChI=1S/C16H17N5OS2/c1-10-4-6-12(7-5-10)13-19-20-16(21(13)3)24-11(2)14(22)18-15-17-8-9-23-15/h4-9,11H,1-3H3,(H,17,18,22)/t11-/m1/s1. The second kappa shape index (κ2) is 7.14. The number of hydrogen-bond acceptors (Lipinski definition) is 6. The maximum Gasteiger partial charge on any atom is 0.239 e. The van der Waals surface area contributed by atoms with Crippen molar-refractivity contribution in [3.63, 3.8) is 0 Å². The molecule has 8 heteroatoms. The van der Waals surface area contributed by atoms with E-state index < -0.39 is 0 Å². The summed E-state index contributed by atoms with van der Waals surface area (Å²) in [5.41, 5.74) is 2.20. The number of aromatic nitrogens is 4. The number of rotatable bonds is 5. The molecular formula is C16H17N5OS2. The van der Waals surface area contributed by atoms with Crippen LogP contribution in [0.15, 0.2) is 41.0 Å². The van der Waals surface area contributed by atoms with Crippen LogP contribution < -0.4 is 5.32 Å². The smallest absolute Gasteiger partial charge is 0.239 e. The fraction of sp³-hybridized carbons (Fsp3) is 0.250. The van der Waals surface area contributed by atoms with Crippen molar-refractivity contribution < 1.29 is 4.79 Å². The highest BCUT2D eigenvalue weighted by atomic mass is 32.2. The summed E-state index contributed by atoms with van der Waals surface area (Å²) >= 11 is 2.77. The Morgan fingerprint density at radius 3 is 2.71 bits per heavy atom. The van der Waals surface area contributed by atoms with Crippen molar-refractivity contribution in [3.05, 3.63) is 41.4 Å². The van der Waals surface area contributed by atoms with Crippen LogP contribution in [0.25, 0.3) is 11.4 Å². The van der Waals surface area contributed by atoms with E-state index in [-0.39, 0.29) is 11.2 Å². The maximum atomic E-state index is 12.2. The fourth-order valence-corrected chi connectivity index (χ4v) is 3.42. The molecule has 0 saturated carbocycles. The van der Waals surface area contributed by atoms with Crippen molar-refractivity contribution >= 4 is 34.1 Å². The topological polar surface area (TPSA) is 72.7 Å². The molecule has 0 saturated heterocycles. The number of carbonyl (C=O) groups is 1. The van der Waals surface area contributed by atoms with Gasteiger partial charge >= 0.3 is 0 Å². The van der Waals surface area contributed by atoms with E-state index in [0.29, 0.717) is 10.3 Å². The molecule has 1 N–H and O–H groups in total. The Bertz CT molecular complexity index is 827. The van der Waals surface area contributed by atoms with Crippen molar-refractivity contribution in [2.45, 2.75) is 24.3 Å². The Hall–Kier alpha value is -2.19. The molecule has 3 aromatic rings. The molecule has 0 fully saturated rings. The second-order valence-electron chi connectivity index (χ2n) is 5.32. The highest BCUT2D eigenvalue weighted by Crippen LogP contribution is 2.26. The fourth-order valence-electron chi connectivity index (χ4n) is 2.08. The van der Waals surface area contributed by atoms with Gasteiger partial charge in [-0.05, 0) is 13.8 Å². The minimum Gasteiger partial charge on any atom is -0.305 e. The molecule has 6 nitrogen and oxygen atoms in total. The number of carbonyl (C=O) groups excluding carboxylic acids is 1. The van der Waals surface area contributed by atoms with Gasteiger partial charge in [-0.1, -0.05) is 41.6 Å². The third-order valence-electron chi connectivity index (χ3n) is 3.46. The van der Waals surface area contributed by atoms with Gasteiger partial charge in [0.15, 0.2) is 16.1 Å². The van der Waals surface area contributed by atoms with Gasteiger partial charge in [-0.2, -0.15) is 0 Å². The van der Waals surface area contributed by atoms with Gasteiger partial charge in [-0.25, -0.2) is 4.98 Å². The van der Waals surface area contributed by atoms with Crippen LogP contribution in [-0.2, 0) is 11.8 Å². The summed E-state index contributed by atoms with van der Waals surface area (Å²) in [6.07, 6.45) is 1.66. The molecule has 0 radical (unpaired) electrons. The van der Waals surface area contributed by atoms with Gasteiger partial charge in [0, 0.05) is 24.2 Å². The molecule has 0 aliphatic heterocycles. The van der Waals surface area contributed by atoms with Gasteiger partial charge in [0.1, 0.15) is 0 Å². The van der Waals surface area contributed by atoms with Crippen LogP contribution in [-0.4, -0.2) is 30.9 Å². The highest BCUT2D eigenvalue weighted by Gasteiger charge is 2.20. The molecule has 0 aliphatic rings. The Morgan fingerprint density at radius 1 is 1.29 bits per heavy atom. The first-order chi connectivity index (χ1) is 11.5. The van der Waals surface area contributed by atoms with Gasteiger partial charge in [-0.15, -0.1) is 21.5 Å². The summed E-state index contributed by atoms with van der Waals surface area (Å²) < 4.78 is 1.91. The lowest BCUT2D eigenvalue weighted by Gasteiger charge is -2.10. The zero-order chi connectivity index (χ0) is 17.1. The molecule has 1 atom stereocenters. The molecular weight excluding hydrogens is 342 g/mol. The maximum absolute atomic E-state index is 12.2. The zero-order valence-electron chi connectivity index (χ0n) is 13.6. The molecule has 2 aromatic heterocycles. The first-order valence-electron chi connectivity index (χ1n) is 7.38. The molecule has 24 heavy (non-hydrogen) atoms. The summed E-state index contributed by atoms with van der Waals surface area (Å²) in [4.78, 5) is 16.3. The third-order valence-corrected chi connectivity index (χ3v) is 5.28. The molecule has 124 valence electrons. The molecule has 0 aliphatic carbocycles. The predicted molar refractivity (Wildman–Crippen MR) is 97.2 cm³/mol. The number of anilines is 1. The van der Waals surface area contributed by atoms with E-state index in [0.717, 1.165) is 11.4 Å². The quantitative estimate of drug-likeness (QED) is 0.707. The van der Waals surface area contributed by atoms with Crippen molar-refractivity contribution in [3.8, 4) is 11.4 Å². The number of nitrogens with zero attached hydrogens (tertiary/aromatic N) is 4. The third kappa shape index (κ3) is 3.65. The first-order valence-corrected chi connectivity index (χ1v) is 9.14. The van der Waals surface area contributed by atoms with Crippen molar-refractivity contribution in [2.24, 2.45) is 7.05 Å². The Kier molecular flexibility index (Phi) is 4.96. The average Bonchev–Trinajstić information content (AvgIpc) is 3.19.